The summed E-state index contributed by atoms with van der Waals surface area (Å²) < 4.78 is 11.3. The van der Waals surface area contributed by atoms with Gasteiger partial charge >= 0.3 is 0 Å². The molecule has 7 heteroatoms. The minimum atomic E-state index is -0.363. The molecule has 0 aliphatic carbocycles. The molecule has 0 saturated carbocycles. The SMILES string of the molecule is CN(C)C(=O)C1CCCN1C(=O)Cc1cc(Cl)c2c(c1)OCCCO2. The van der Waals surface area contributed by atoms with E-state index in [1.54, 1.807) is 30.0 Å². The van der Waals surface area contributed by atoms with Crippen LogP contribution in [0.25, 0.3) is 0 Å². The van der Waals surface area contributed by atoms with Crippen LogP contribution >= 0.6 is 11.6 Å². The molecule has 0 spiro atoms. The zero-order valence-corrected chi connectivity index (χ0v) is 15.3. The van der Waals surface area contributed by atoms with Crippen molar-refractivity contribution in [2.45, 2.75) is 31.7 Å². The Morgan fingerprint density at radius 1 is 1.24 bits per heavy atom. The van der Waals surface area contributed by atoms with E-state index < -0.39 is 0 Å². The maximum atomic E-state index is 12.7. The van der Waals surface area contributed by atoms with Crippen LogP contribution in [0.2, 0.25) is 5.02 Å². The molecule has 2 amide bonds. The van der Waals surface area contributed by atoms with Gasteiger partial charge in [0.25, 0.3) is 0 Å². The molecule has 3 rings (SSSR count). The smallest absolute Gasteiger partial charge is 0.244 e. The number of carbonyl (C=O) groups is 2. The number of likely N-dealkylation sites (N-methyl/N-ethyl adjacent to an activating group) is 1. The highest BCUT2D eigenvalue weighted by Gasteiger charge is 2.34. The lowest BCUT2D eigenvalue weighted by Gasteiger charge is -2.26. The van der Waals surface area contributed by atoms with E-state index in [4.69, 9.17) is 21.1 Å². The number of nitrogens with zero attached hydrogens (tertiary/aromatic N) is 2. The van der Waals surface area contributed by atoms with E-state index in [0.29, 0.717) is 42.7 Å². The first kappa shape index (κ1) is 17.9. The van der Waals surface area contributed by atoms with Crippen molar-refractivity contribution < 1.29 is 19.1 Å². The highest BCUT2D eigenvalue weighted by molar-refractivity contribution is 6.32. The fourth-order valence-electron chi connectivity index (χ4n) is 3.28. The van der Waals surface area contributed by atoms with Crippen LogP contribution in [0.15, 0.2) is 12.1 Å². The summed E-state index contributed by atoms with van der Waals surface area (Å²) in [6.45, 7) is 1.74. The van der Waals surface area contributed by atoms with Crippen LogP contribution in [0.3, 0.4) is 0 Å². The van der Waals surface area contributed by atoms with Crippen molar-refractivity contribution in [1.29, 1.82) is 0 Å². The van der Waals surface area contributed by atoms with E-state index in [1.807, 2.05) is 6.07 Å². The molecule has 6 nitrogen and oxygen atoms in total. The monoisotopic (exact) mass is 366 g/mol. The first-order chi connectivity index (χ1) is 12.0. The van der Waals surface area contributed by atoms with E-state index in [1.165, 1.54) is 0 Å². The molecule has 1 aromatic rings. The van der Waals surface area contributed by atoms with Crippen LogP contribution < -0.4 is 9.47 Å². The number of fused-ring (bicyclic) bond motifs is 1. The lowest BCUT2D eigenvalue weighted by atomic mass is 10.1. The van der Waals surface area contributed by atoms with Crippen LogP contribution in [-0.4, -0.2) is 61.5 Å². The van der Waals surface area contributed by atoms with Crippen molar-refractivity contribution in [1.82, 2.24) is 9.80 Å². The first-order valence-corrected chi connectivity index (χ1v) is 8.94. The maximum absolute atomic E-state index is 12.7. The number of hydrogen-bond acceptors (Lipinski definition) is 4. The van der Waals surface area contributed by atoms with Gasteiger partial charge in [-0.05, 0) is 30.5 Å². The van der Waals surface area contributed by atoms with Crippen LogP contribution in [0.5, 0.6) is 11.5 Å². The summed E-state index contributed by atoms with van der Waals surface area (Å²) in [4.78, 5) is 28.2. The van der Waals surface area contributed by atoms with Gasteiger partial charge in [-0.1, -0.05) is 11.6 Å². The standard InChI is InChI=1S/C18H23ClN2O4/c1-20(2)18(23)14-5-3-6-21(14)16(22)11-12-9-13(19)17-15(10-12)24-7-4-8-25-17/h9-10,14H,3-8,11H2,1-2H3. The molecule has 1 aromatic carbocycles. The van der Waals surface area contributed by atoms with E-state index in [9.17, 15) is 9.59 Å². The molecule has 25 heavy (non-hydrogen) atoms. The summed E-state index contributed by atoms with van der Waals surface area (Å²) in [6.07, 6.45) is 2.54. The average molecular weight is 367 g/mol. The van der Waals surface area contributed by atoms with Crippen molar-refractivity contribution in [2.24, 2.45) is 0 Å². The third-order valence-electron chi connectivity index (χ3n) is 4.52. The van der Waals surface area contributed by atoms with E-state index in [2.05, 4.69) is 0 Å². The Labute approximate surface area is 152 Å². The highest BCUT2D eigenvalue weighted by atomic mass is 35.5. The fraction of sp³-hybridized carbons (Fsp3) is 0.556. The summed E-state index contributed by atoms with van der Waals surface area (Å²) >= 11 is 6.29. The lowest BCUT2D eigenvalue weighted by molar-refractivity contribution is -0.141. The Morgan fingerprint density at radius 3 is 2.76 bits per heavy atom. The van der Waals surface area contributed by atoms with Gasteiger partial charge in [0, 0.05) is 27.1 Å². The molecule has 0 aromatic heterocycles. The molecule has 1 saturated heterocycles. The summed E-state index contributed by atoms with van der Waals surface area (Å²) in [5.41, 5.74) is 0.766. The molecule has 1 atom stereocenters. The third-order valence-corrected chi connectivity index (χ3v) is 4.80. The summed E-state index contributed by atoms with van der Waals surface area (Å²) in [5, 5.41) is 0.449. The summed E-state index contributed by atoms with van der Waals surface area (Å²) in [6, 6.07) is 3.19. The molecule has 1 unspecified atom stereocenters. The molecule has 2 heterocycles. The molecule has 0 radical (unpaired) electrons. The number of amides is 2. The summed E-state index contributed by atoms with van der Waals surface area (Å²) in [5.74, 6) is 1.03. The Bertz CT molecular complexity index is 677. The van der Waals surface area contributed by atoms with Crippen molar-refractivity contribution in [3.8, 4) is 11.5 Å². The Kier molecular flexibility index (Phi) is 5.37. The molecule has 1 fully saturated rings. The number of carbonyl (C=O) groups excluding carboxylic acids is 2. The fourth-order valence-corrected chi connectivity index (χ4v) is 3.57. The minimum absolute atomic E-state index is 0.0254. The number of hydrogen-bond donors (Lipinski definition) is 0. The van der Waals surface area contributed by atoms with Crippen molar-refractivity contribution in [3.63, 3.8) is 0 Å². The van der Waals surface area contributed by atoms with Crippen molar-refractivity contribution in [2.75, 3.05) is 33.9 Å². The first-order valence-electron chi connectivity index (χ1n) is 8.56. The second-order valence-corrected chi connectivity index (χ2v) is 7.02. The van der Waals surface area contributed by atoms with Crippen LogP contribution in [-0.2, 0) is 16.0 Å². The number of ether oxygens (including phenoxy) is 2. The molecule has 2 aliphatic heterocycles. The van der Waals surface area contributed by atoms with E-state index in [-0.39, 0.29) is 24.3 Å². The average Bonchev–Trinajstić information content (AvgIpc) is 2.93. The molecule has 2 aliphatic rings. The Hall–Kier alpha value is -1.95. The number of rotatable bonds is 3. The Morgan fingerprint density at radius 2 is 2.00 bits per heavy atom. The lowest BCUT2D eigenvalue weighted by Crippen LogP contribution is -2.45. The van der Waals surface area contributed by atoms with Gasteiger partial charge in [-0.25, -0.2) is 0 Å². The normalized spacial score (nSPS) is 19.5. The van der Waals surface area contributed by atoms with Gasteiger partial charge in [0.15, 0.2) is 11.5 Å². The molecule has 0 bridgehead atoms. The van der Waals surface area contributed by atoms with E-state index in [0.717, 1.165) is 18.4 Å². The quantitative estimate of drug-likeness (QED) is 0.822. The molecule has 136 valence electrons. The van der Waals surface area contributed by atoms with Gasteiger partial charge in [0.1, 0.15) is 6.04 Å². The van der Waals surface area contributed by atoms with Gasteiger partial charge in [0.05, 0.1) is 24.7 Å². The Balaban J connectivity index is 1.76. The third kappa shape index (κ3) is 3.84. The second kappa shape index (κ2) is 7.52. The zero-order chi connectivity index (χ0) is 18.0. The predicted molar refractivity (Wildman–Crippen MR) is 94.2 cm³/mol. The van der Waals surface area contributed by atoms with Crippen LogP contribution in [0, 0.1) is 0 Å². The molecular formula is C18H23ClN2O4. The van der Waals surface area contributed by atoms with Crippen molar-refractivity contribution in [3.05, 3.63) is 22.7 Å². The molecular weight excluding hydrogens is 344 g/mol. The second-order valence-electron chi connectivity index (χ2n) is 6.61. The minimum Gasteiger partial charge on any atom is -0.489 e. The number of halogens is 1. The highest BCUT2D eigenvalue weighted by Crippen LogP contribution is 2.38. The van der Waals surface area contributed by atoms with Gasteiger partial charge < -0.3 is 19.3 Å². The number of benzene rings is 1. The largest absolute Gasteiger partial charge is 0.489 e. The van der Waals surface area contributed by atoms with Crippen LogP contribution in [0.4, 0.5) is 0 Å². The van der Waals surface area contributed by atoms with Gasteiger partial charge in [-0.3, -0.25) is 9.59 Å². The summed E-state index contributed by atoms with van der Waals surface area (Å²) in [7, 11) is 3.43. The van der Waals surface area contributed by atoms with Gasteiger partial charge in [0.2, 0.25) is 11.8 Å². The van der Waals surface area contributed by atoms with Gasteiger partial charge in [-0.2, -0.15) is 0 Å². The van der Waals surface area contributed by atoms with Crippen LogP contribution in [0.1, 0.15) is 24.8 Å². The van der Waals surface area contributed by atoms with E-state index >= 15 is 0 Å². The predicted octanol–water partition coefficient (Wildman–Crippen LogP) is 2.12. The zero-order valence-electron chi connectivity index (χ0n) is 14.6. The molecule has 0 N–H and O–H groups in total. The van der Waals surface area contributed by atoms with Crippen molar-refractivity contribution >= 4 is 23.4 Å². The number of likely N-dealkylation sites (tertiary alicyclic amines) is 1. The van der Waals surface area contributed by atoms with Gasteiger partial charge in [-0.15, -0.1) is 0 Å². The maximum Gasteiger partial charge on any atom is 0.244 e. The topological polar surface area (TPSA) is 59.1 Å².